The van der Waals surface area contributed by atoms with Gasteiger partial charge in [0.1, 0.15) is 10.9 Å². The number of carbonyl (C=O) groups is 2. The molecule has 0 saturated carbocycles. The Labute approximate surface area is 190 Å². The number of rotatable bonds is 6. The Hall–Kier alpha value is -3.01. The highest BCUT2D eigenvalue weighted by atomic mass is 32.2. The first-order chi connectivity index (χ1) is 15.6. The molecule has 4 rings (SSSR count). The number of hydrogen-bond acceptors (Lipinski definition) is 7. The van der Waals surface area contributed by atoms with E-state index in [0.29, 0.717) is 31.3 Å². The number of nitrogens with zero attached hydrogens (tertiary/aromatic N) is 3. The minimum Gasteiger partial charge on any atom is -0.379 e. The van der Waals surface area contributed by atoms with E-state index in [4.69, 9.17) is 14.7 Å². The van der Waals surface area contributed by atoms with E-state index >= 15 is 0 Å². The number of thioether (sulfide) groups is 1. The lowest BCUT2D eigenvalue weighted by Crippen LogP contribution is -2.39. The summed E-state index contributed by atoms with van der Waals surface area (Å²) in [5.74, 6) is 0.323. The lowest BCUT2D eigenvalue weighted by atomic mass is 10.2. The van der Waals surface area contributed by atoms with Gasteiger partial charge >= 0.3 is 6.03 Å². The highest BCUT2D eigenvalue weighted by molar-refractivity contribution is 8.00. The first kappa shape index (κ1) is 22.2. The van der Waals surface area contributed by atoms with Crippen molar-refractivity contribution < 1.29 is 14.3 Å². The summed E-state index contributed by atoms with van der Waals surface area (Å²) < 4.78 is 5.42. The van der Waals surface area contributed by atoms with Crippen LogP contribution in [0.3, 0.4) is 0 Å². The molecule has 0 spiro atoms. The SMILES string of the molecule is C[C@H](Sc1nc(CN2CCOCC2)nc2ccccc12)C(=O)NC(=O)Nc1ccccc1. The topological polar surface area (TPSA) is 96.4 Å². The maximum Gasteiger partial charge on any atom is 0.325 e. The largest absolute Gasteiger partial charge is 0.379 e. The average molecular weight is 452 g/mol. The van der Waals surface area contributed by atoms with E-state index < -0.39 is 11.3 Å². The number of urea groups is 1. The maximum absolute atomic E-state index is 12.6. The number of morpholine rings is 1. The maximum atomic E-state index is 12.6. The quantitative estimate of drug-likeness (QED) is 0.438. The minimum atomic E-state index is -0.561. The number of amides is 3. The Morgan fingerprint density at radius 1 is 1.06 bits per heavy atom. The molecular formula is C23H25N5O3S. The fraction of sp³-hybridized carbons (Fsp3) is 0.304. The first-order valence-electron chi connectivity index (χ1n) is 10.5. The molecule has 2 heterocycles. The van der Waals surface area contributed by atoms with Crippen LogP contribution in [0.5, 0.6) is 0 Å². The van der Waals surface area contributed by atoms with Gasteiger partial charge in [0.15, 0.2) is 0 Å². The highest BCUT2D eigenvalue weighted by Gasteiger charge is 2.21. The minimum absolute atomic E-state index is 0.388. The summed E-state index contributed by atoms with van der Waals surface area (Å²) in [5, 5.41) is 6.15. The van der Waals surface area contributed by atoms with Gasteiger partial charge in [-0.3, -0.25) is 15.0 Å². The second kappa shape index (κ2) is 10.5. The van der Waals surface area contributed by atoms with Gasteiger partial charge in [-0.1, -0.05) is 48.2 Å². The van der Waals surface area contributed by atoms with Crippen LogP contribution in [0, 0.1) is 0 Å². The van der Waals surface area contributed by atoms with E-state index in [2.05, 4.69) is 15.5 Å². The molecule has 2 N–H and O–H groups in total. The van der Waals surface area contributed by atoms with Crippen molar-refractivity contribution in [3.8, 4) is 0 Å². The zero-order chi connectivity index (χ0) is 22.3. The molecule has 0 unspecified atom stereocenters. The van der Waals surface area contributed by atoms with E-state index in [-0.39, 0.29) is 5.91 Å². The van der Waals surface area contributed by atoms with Gasteiger partial charge in [-0.15, -0.1) is 0 Å². The van der Waals surface area contributed by atoms with Crippen molar-refractivity contribution in [2.24, 2.45) is 0 Å². The van der Waals surface area contributed by atoms with Crippen molar-refractivity contribution in [3.63, 3.8) is 0 Å². The van der Waals surface area contributed by atoms with E-state index in [1.54, 1.807) is 19.1 Å². The fourth-order valence-corrected chi connectivity index (χ4v) is 4.29. The fourth-order valence-electron chi connectivity index (χ4n) is 3.33. The summed E-state index contributed by atoms with van der Waals surface area (Å²) in [6.07, 6.45) is 0. The summed E-state index contributed by atoms with van der Waals surface area (Å²) in [6, 6.07) is 16.2. The number of fused-ring (bicyclic) bond motifs is 1. The zero-order valence-corrected chi connectivity index (χ0v) is 18.6. The summed E-state index contributed by atoms with van der Waals surface area (Å²) in [4.78, 5) is 36.5. The predicted octanol–water partition coefficient (Wildman–Crippen LogP) is 3.29. The summed E-state index contributed by atoms with van der Waals surface area (Å²) in [5.41, 5.74) is 1.45. The second-order valence-electron chi connectivity index (χ2n) is 7.42. The summed E-state index contributed by atoms with van der Waals surface area (Å²) in [7, 11) is 0. The molecule has 0 aliphatic carbocycles. The summed E-state index contributed by atoms with van der Waals surface area (Å²) in [6.45, 7) is 5.48. The van der Waals surface area contributed by atoms with Gasteiger partial charge in [-0.05, 0) is 25.1 Å². The second-order valence-corrected chi connectivity index (χ2v) is 8.75. The Kier molecular flexibility index (Phi) is 7.31. The molecule has 32 heavy (non-hydrogen) atoms. The van der Waals surface area contributed by atoms with E-state index in [1.165, 1.54) is 11.8 Å². The van der Waals surface area contributed by atoms with Crippen LogP contribution >= 0.6 is 11.8 Å². The number of benzene rings is 2. The molecular weight excluding hydrogens is 426 g/mol. The Bertz CT molecular complexity index is 1090. The third-order valence-electron chi connectivity index (χ3n) is 5.01. The molecule has 1 atom stereocenters. The number of imide groups is 1. The van der Waals surface area contributed by atoms with Crippen LogP contribution in [-0.2, 0) is 16.1 Å². The molecule has 1 fully saturated rings. The van der Waals surface area contributed by atoms with Crippen LogP contribution in [0.25, 0.3) is 10.9 Å². The molecule has 3 amide bonds. The van der Waals surface area contributed by atoms with Crippen molar-refractivity contribution in [1.82, 2.24) is 20.2 Å². The van der Waals surface area contributed by atoms with E-state index in [9.17, 15) is 9.59 Å². The molecule has 2 aromatic carbocycles. The summed E-state index contributed by atoms with van der Waals surface area (Å²) >= 11 is 1.32. The number of anilines is 1. The number of aromatic nitrogens is 2. The number of hydrogen-bond donors (Lipinski definition) is 2. The van der Waals surface area contributed by atoms with Crippen LogP contribution in [0.15, 0.2) is 59.6 Å². The number of nitrogens with one attached hydrogen (secondary N) is 2. The van der Waals surface area contributed by atoms with Gasteiger partial charge in [0, 0.05) is 24.2 Å². The van der Waals surface area contributed by atoms with Gasteiger partial charge in [0.25, 0.3) is 0 Å². The third-order valence-corrected chi connectivity index (χ3v) is 6.11. The smallest absolute Gasteiger partial charge is 0.325 e. The number of ether oxygens (including phenoxy) is 1. The predicted molar refractivity (Wildman–Crippen MR) is 125 cm³/mol. The van der Waals surface area contributed by atoms with Crippen LogP contribution in [0.2, 0.25) is 0 Å². The molecule has 1 aliphatic rings. The van der Waals surface area contributed by atoms with E-state index in [1.807, 2.05) is 42.5 Å². The van der Waals surface area contributed by atoms with Crippen LogP contribution in [0.4, 0.5) is 10.5 Å². The van der Waals surface area contributed by atoms with Gasteiger partial charge in [0.05, 0.1) is 30.5 Å². The van der Waals surface area contributed by atoms with Crippen LogP contribution in [-0.4, -0.2) is 58.4 Å². The average Bonchev–Trinajstić information content (AvgIpc) is 2.80. The molecule has 166 valence electrons. The van der Waals surface area contributed by atoms with Crippen LogP contribution in [0.1, 0.15) is 12.7 Å². The van der Waals surface area contributed by atoms with Crippen molar-refractivity contribution in [3.05, 3.63) is 60.4 Å². The van der Waals surface area contributed by atoms with Gasteiger partial charge in [0.2, 0.25) is 5.91 Å². The normalized spacial score (nSPS) is 15.3. The van der Waals surface area contributed by atoms with Crippen molar-refractivity contribution in [1.29, 1.82) is 0 Å². The lowest BCUT2D eigenvalue weighted by Gasteiger charge is -2.26. The molecule has 1 aromatic heterocycles. The molecule has 0 bridgehead atoms. The molecule has 9 heteroatoms. The Morgan fingerprint density at radius 2 is 1.78 bits per heavy atom. The zero-order valence-electron chi connectivity index (χ0n) is 17.8. The Balaban J connectivity index is 1.45. The molecule has 1 aliphatic heterocycles. The van der Waals surface area contributed by atoms with Crippen molar-refractivity contribution in [2.75, 3.05) is 31.6 Å². The van der Waals surface area contributed by atoms with Gasteiger partial charge in [-0.25, -0.2) is 14.8 Å². The monoisotopic (exact) mass is 451 g/mol. The van der Waals surface area contributed by atoms with E-state index in [0.717, 1.165) is 29.0 Å². The Morgan fingerprint density at radius 3 is 2.56 bits per heavy atom. The molecule has 3 aromatic rings. The third kappa shape index (κ3) is 5.82. The van der Waals surface area contributed by atoms with Crippen LogP contribution < -0.4 is 10.6 Å². The lowest BCUT2D eigenvalue weighted by molar-refractivity contribution is -0.119. The highest BCUT2D eigenvalue weighted by Crippen LogP contribution is 2.29. The molecule has 8 nitrogen and oxygen atoms in total. The van der Waals surface area contributed by atoms with Gasteiger partial charge < -0.3 is 10.1 Å². The molecule has 1 saturated heterocycles. The van der Waals surface area contributed by atoms with Gasteiger partial charge in [-0.2, -0.15) is 0 Å². The van der Waals surface area contributed by atoms with Crippen molar-refractivity contribution in [2.45, 2.75) is 23.7 Å². The first-order valence-corrected chi connectivity index (χ1v) is 11.4. The number of carbonyl (C=O) groups excluding carboxylic acids is 2. The standard InChI is InChI=1S/C23H25N5O3S/c1-16(21(29)27-23(30)24-17-7-3-2-4-8-17)32-22-18-9-5-6-10-19(18)25-20(26-22)15-28-11-13-31-14-12-28/h2-10,16H,11-15H2,1H3,(H2,24,27,29,30)/t16-/m0/s1. The molecule has 0 radical (unpaired) electrons. The van der Waals surface area contributed by atoms with Crippen molar-refractivity contribution >= 4 is 40.3 Å². The number of para-hydroxylation sites is 2.